The number of benzene rings is 1. The van der Waals surface area contributed by atoms with Gasteiger partial charge >= 0.3 is 0 Å². The number of rotatable bonds is 2. The van der Waals surface area contributed by atoms with Gasteiger partial charge in [0, 0.05) is 37.8 Å². The van der Waals surface area contributed by atoms with E-state index in [0.717, 1.165) is 32.0 Å². The molecule has 2 N–H and O–H groups in total. The number of anilines is 1. The largest absolute Gasteiger partial charge is 0.369 e. The second-order valence-corrected chi connectivity index (χ2v) is 6.45. The normalized spacial score (nSPS) is 24.5. The van der Waals surface area contributed by atoms with Crippen LogP contribution >= 0.6 is 0 Å². The molecule has 3 heterocycles. The van der Waals surface area contributed by atoms with Crippen LogP contribution in [-0.4, -0.2) is 29.1 Å². The Labute approximate surface area is 125 Å². The second kappa shape index (κ2) is 5.19. The van der Waals surface area contributed by atoms with Crippen molar-refractivity contribution in [2.75, 3.05) is 18.0 Å². The zero-order chi connectivity index (χ0) is 14.2. The van der Waals surface area contributed by atoms with Crippen LogP contribution in [0.1, 0.15) is 23.9 Å². The van der Waals surface area contributed by atoms with Crippen LogP contribution in [-0.2, 0) is 19.4 Å². The fourth-order valence-corrected chi connectivity index (χ4v) is 3.70. The van der Waals surface area contributed by atoms with E-state index >= 15 is 0 Å². The molecule has 4 nitrogen and oxygen atoms in total. The summed E-state index contributed by atoms with van der Waals surface area (Å²) >= 11 is 0. The van der Waals surface area contributed by atoms with Gasteiger partial charge in [-0.15, -0.1) is 0 Å². The van der Waals surface area contributed by atoms with E-state index in [4.69, 9.17) is 0 Å². The Hall–Kier alpha value is -1.81. The Morgan fingerprint density at radius 2 is 2.19 bits per heavy atom. The van der Waals surface area contributed by atoms with Gasteiger partial charge in [-0.1, -0.05) is 25.1 Å². The van der Waals surface area contributed by atoms with Crippen molar-refractivity contribution in [2.45, 2.75) is 32.4 Å². The fraction of sp³-hybridized carbons (Fsp3) is 0.471. The summed E-state index contributed by atoms with van der Waals surface area (Å²) in [5, 5.41) is 3.64. The first-order valence-corrected chi connectivity index (χ1v) is 7.87. The predicted octanol–water partition coefficient (Wildman–Crippen LogP) is 2.12. The number of aromatic amines is 1. The quantitative estimate of drug-likeness (QED) is 0.887. The summed E-state index contributed by atoms with van der Waals surface area (Å²) in [6.07, 6.45) is 4.03. The van der Waals surface area contributed by atoms with Crippen LogP contribution in [0.4, 0.5) is 5.69 Å². The summed E-state index contributed by atoms with van der Waals surface area (Å²) in [6, 6.07) is 9.34. The highest BCUT2D eigenvalue weighted by Gasteiger charge is 2.26. The van der Waals surface area contributed by atoms with Gasteiger partial charge in [-0.2, -0.15) is 0 Å². The first kappa shape index (κ1) is 12.9. The molecule has 0 fully saturated rings. The molecule has 110 valence electrons. The lowest BCUT2D eigenvalue weighted by molar-refractivity contribution is 0.440. The summed E-state index contributed by atoms with van der Waals surface area (Å²) < 4.78 is 0. The number of para-hydroxylation sites is 1. The fourth-order valence-electron chi connectivity index (χ4n) is 3.70. The smallest absolute Gasteiger partial charge is 0.0925 e. The van der Waals surface area contributed by atoms with E-state index in [1.165, 1.54) is 29.1 Å². The number of aromatic nitrogens is 2. The lowest BCUT2D eigenvalue weighted by atomic mass is 9.93. The number of hydrogen-bond donors (Lipinski definition) is 2. The van der Waals surface area contributed by atoms with Crippen LogP contribution in [0.3, 0.4) is 0 Å². The molecule has 0 saturated heterocycles. The summed E-state index contributed by atoms with van der Waals surface area (Å²) in [5.41, 5.74) is 5.40. The topological polar surface area (TPSA) is 44.0 Å². The van der Waals surface area contributed by atoms with Crippen molar-refractivity contribution in [3.05, 3.63) is 47.5 Å². The van der Waals surface area contributed by atoms with Gasteiger partial charge in [0.15, 0.2) is 0 Å². The SMILES string of the molecule is CC1Cc2ccccc2N(CC2Cc3nc[nH]c3CN2)C1. The van der Waals surface area contributed by atoms with Crippen LogP contribution in [0.2, 0.25) is 0 Å². The first-order chi connectivity index (χ1) is 10.3. The highest BCUT2D eigenvalue weighted by molar-refractivity contribution is 5.56. The van der Waals surface area contributed by atoms with E-state index in [2.05, 4.69) is 51.4 Å². The third-order valence-corrected chi connectivity index (χ3v) is 4.69. The Morgan fingerprint density at radius 3 is 3.14 bits per heavy atom. The number of H-pyrrole nitrogens is 1. The van der Waals surface area contributed by atoms with Crippen molar-refractivity contribution < 1.29 is 0 Å². The van der Waals surface area contributed by atoms with Crippen molar-refractivity contribution in [3.63, 3.8) is 0 Å². The summed E-state index contributed by atoms with van der Waals surface area (Å²) in [6.45, 7) is 5.48. The maximum atomic E-state index is 4.45. The molecule has 1 aromatic carbocycles. The van der Waals surface area contributed by atoms with E-state index in [1.54, 1.807) is 0 Å². The number of imidazole rings is 1. The average Bonchev–Trinajstić information content (AvgIpc) is 2.94. The van der Waals surface area contributed by atoms with E-state index in [9.17, 15) is 0 Å². The molecule has 0 spiro atoms. The van der Waals surface area contributed by atoms with Gasteiger partial charge in [0.05, 0.1) is 17.7 Å². The van der Waals surface area contributed by atoms with E-state index in [1.807, 2.05) is 6.33 Å². The van der Waals surface area contributed by atoms with Crippen LogP contribution in [0.5, 0.6) is 0 Å². The molecule has 2 aliphatic rings. The van der Waals surface area contributed by atoms with Crippen molar-refractivity contribution in [3.8, 4) is 0 Å². The summed E-state index contributed by atoms with van der Waals surface area (Å²) in [5.74, 6) is 0.726. The van der Waals surface area contributed by atoms with Crippen molar-refractivity contribution in [1.82, 2.24) is 15.3 Å². The number of nitrogens with zero attached hydrogens (tertiary/aromatic N) is 2. The molecule has 4 heteroatoms. The van der Waals surface area contributed by atoms with Gasteiger partial charge in [-0.05, 0) is 24.0 Å². The van der Waals surface area contributed by atoms with Crippen LogP contribution < -0.4 is 10.2 Å². The highest BCUT2D eigenvalue weighted by atomic mass is 15.2. The van der Waals surface area contributed by atoms with E-state index in [-0.39, 0.29) is 0 Å². The zero-order valence-corrected chi connectivity index (χ0v) is 12.5. The minimum Gasteiger partial charge on any atom is -0.369 e. The van der Waals surface area contributed by atoms with Crippen molar-refractivity contribution >= 4 is 5.69 Å². The monoisotopic (exact) mass is 282 g/mol. The lowest BCUT2D eigenvalue weighted by Gasteiger charge is -2.38. The van der Waals surface area contributed by atoms with Crippen LogP contribution in [0, 0.1) is 5.92 Å². The number of fused-ring (bicyclic) bond motifs is 2. The van der Waals surface area contributed by atoms with Gasteiger partial charge in [0.2, 0.25) is 0 Å². The van der Waals surface area contributed by atoms with Gasteiger partial charge < -0.3 is 15.2 Å². The van der Waals surface area contributed by atoms with Crippen LogP contribution in [0.25, 0.3) is 0 Å². The standard InChI is InChI=1S/C17H22N4/c1-12-6-13-4-2-3-5-17(13)21(9-12)10-14-7-15-16(8-18-14)20-11-19-15/h2-5,11-12,14,18H,6-10H2,1H3,(H,19,20). The molecule has 2 aromatic rings. The Kier molecular flexibility index (Phi) is 3.19. The molecule has 2 aliphatic heterocycles. The molecule has 2 unspecified atom stereocenters. The van der Waals surface area contributed by atoms with Crippen molar-refractivity contribution in [2.24, 2.45) is 5.92 Å². The molecule has 21 heavy (non-hydrogen) atoms. The average molecular weight is 282 g/mol. The molecule has 1 aromatic heterocycles. The Balaban J connectivity index is 1.53. The van der Waals surface area contributed by atoms with Gasteiger partial charge in [0.25, 0.3) is 0 Å². The van der Waals surface area contributed by atoms with E-state index in [0.29, 0.717) is 6.04 Å². The molecule has 0 saturated carbocycles. The predicted molar refractivity (Wildman–Crippen MR) is 84.4 cm³/mol. The minimum atomic E-state index is 0.485. The first-order valence-electron chi connectivity index (χ1n) is 7.87. The number of hydrogen-bond acceptors (Lipinski definition) is 3. The van der Waals surface area contributed by atoms with Crippen molar-refractivity contribution in [1.29, 1.82) is 0 Å². The van der Waals surface area contributed by atoms with E-state index < -0.39 is 0 Å². The summed E-state index contributed by atoms with van der Waals surface area (Å²) in [7, 11) is 0. The highest BCUT2D eigenvalue weighted by Crippen LogP contribution is 2.29. The lowest BCUT2D eigenvalue weighted by Crippen LogP contribution is -2.47. The Bertz CT molecular complexity index is 633. The molecule has 4 rings (SSSR count). The molecule has 0 radical (unpaired) electrons. The molecular formula is C17H22N4. The van der Waals surface area contributed by atoms with Gasteiger partial charge in [-0.25, -0.2) is 4.98 Å². The third-order valence-electron chi connectivity index (χ3n) is 4.69. The Morgan fingerprint density at radius 1 is 1.29 bits per heavy atom. The van der Waals surface area contributed by atoms with Crippen LogP contribution in [0.15, 0.2) is 30.6 Å². The van der Waals surface area contributed by atoms with Gasteiger partial charge in [-0.3, -0.25) is 0 Å². The van der Waals surface area contributed by atoms with Gasteiger partial charge in [0.1, 0.15) is 0 Å². The summed E-state index contributed by atoms with van der Waals surface area (Å²) in [4.78, 5) is 10.2. The molecule has 2 atom stereocenters. The second-order valence-electron chi connectivity index (χ2n) is 6.45. The maximum absolute atomic E-state index is 4.45. The third kappa shape index (κ3) is 2.44. The zero-order valence-electron chi connectivity index (χ0n) is 12.5. The molecule has 0 aliphatic carbocycles. The molecule has 0 amide bonds. The minimum absolute atomic E-state index is 0.485. The molecule has 0 bridgehead atoms. The molecular weight excluding hydrogens is 260 g/mol. The maximum Gasteiger partial charge on any atom is 0.0925 e. The number of nitrogens with one attached hydrogen (secondary N) is 2.